The summed E-state index contributed by atoms with van der Waals surface area (Å²) in [6, 6.07) is 5.78. The SMILES string of the molecule is Oc1cc(OCc2nc(OC[C@@]34CCCN3C[C@H](F)C4)nc(N3C[C@H]4CC[C@@H](C3)N4)n2)c2c(F)c(F)ccc2c1. The number of hydrogen-bond acceptors (Lipinski definition) is 9. The van der Waals surface area contributed by atoms with Gasteiger partial charge in [-0.3, -0.25) is 4.90 Å². The maximum Gasteiger partial charge on any atom is 0.321 e. The Morgan fingerprint density at radius 2 is 1.88 bits per heavy atom. The number of halogens is 3. The molecule has 12 heteroatoms. The number of alkyl halides is 1. The lowest BCUT2D eigenvalue weighted by Crippen LogP contribution is -2.51. The third-order valence-electron chi connectivity index (χ3n) is 8.69. The van der Waals surface area contributed by atoms with Crippen LogP contribution >= 0.6 is 0 Å². The van der Waals surface area contributed by atoms with Crippen LogP contribution < -0.4 is 19.7 Å². The lowest BCUT2D eigenvalue weighted by molar-refractivity contribution is 0.106. The van der Waals surface area contributed by atoms with Crippen LogP contribution in [0.4, 0.5) is 19.1 Å². The minimum Gasteiger partial charge on any atom is -0.508 e. The summed E-state index contributed by atoms with van der Waals surface area (Å²) < 4.78 is 55.0. The van der Waals surface area contributed by atoms with Gasteiger partial charge < -0.3 is 24.8 Å². The van der Waals surface area contributed by atoms with Gasteiger partial charge in [0.15, 0.2) is 17.5 Å². The molecule has 0 saturated carbocycles. The molecule has 7 rings (SSSR count). The summed E-state index contributed by atoms with van der Waals surface area (Å²) in [7, 11) is 0. The molecule has 0 radical (unpaired) electrons. The van der Waals surface area contributed by atoms with Gasteiger partial charge in [-0.2, -0.15) is 15.0 Å². The Balaban J connectivity index is 1.18. The second kappa shape index (κ2) is 9.91. The number of hydrogen-bond donors (Lipinski definition) is 2. The molecular weight excluding hydrogens is 525 g/mol. The molecule has 40 heavy (non-hydrogen) atoms. The average Bonchev–Trinajstić information content (AvgIpc) is 3.58. The van der Waals surface area contributed by atoms with Crippen molar-refractivity contribution in [2.24, 2.45) is 0 Å². The normalized spacial score (nSPS) is 27.9. The van der Waals surface area contributed by atoms with E-state index in [1.807, 2.05) is 0 Å². The largest absolute Gasteiger partial charge is 0.508 e. The molecule has 3 aromatic rings. The highest BCUT2D eigenvalue weighted by Crippen LogP contribution is 2.40. The number of ether oxygens (including phenoxy) is 2. The fraction of sp³-hybridized carbons (Fsp3) is 0.536. The number of anilines is 1. The molecule has 0 amide bonds. The molecule has 4 saturated heterocycles. The van der Waals surface area contributed by atoms with E-state index in [9.17, 15) is 18.3 Å². The van der Waals surface area contributed by atoms with Crippen LogP contribution in [0.1, 0.15) is 37.9 Å². The van der Waals surface area contributed by atoms with E-state index in [0.29, 0.717) is 36.4 Å². The lowest BCUT2D eigenvalue weighted by Gasteiger charge is -2.33. The molecule has 2 aromatic carbocycles. The van der Waals surface area contributed by atoms with Crippen molar-refractivity contribution < 1.29 is 27.8 Å². The smallest absolute Gasteiger partial charge is 0.321 e. The number of benzene rings is 2. The monoisotopic (exact) mass is 556 g/mol. The number of phenolic OH excluding ortho intramolecular Hbond substituents is 1. The number of nitrogens with one attached hydrogen (secondary N) is 1. The highest BCUT2D eigenvalue weighted by atomic mass is 19.2. The summed E-state index contributed by atoms with van der Waals surface area (Å²) in [6.45, 7) is 2.83. The van der Waals surface area contributed by atoms with Gasteiger partial charge in [0.1, 0.15) is 30.9 Å². The van der Waals surface area contributed by atoms with Crippen molar-refractivity contribution in [1.29, 1.82) is 0 Å². The van der Waals surface area contributed by atoms with Crippen LogP contribution in [-0.4, -0.2) is 81.5 Å². The minimum absolute atomic E-state index is 0.0305. The van der Waals surface area contributed by atoms with E-state index < -0.39 is 17.8 Å². The van der Waals surface area contributed by atoms with Crippen molar-refractivity contribution in [1.82, 2.24) is 25.2 Å². The molecule has 0 unspecified atom stereocenters. The Kier molecular flexibility index (Phi) is 6.34. The topological polar surface area (TPSA) is 95.9 Å². The molecule has 5 heterocycles. The van der Waals surface area contributed by atoms with Gasteiger partial charge in [0.2, 0.25) is 5.95 Å². The Morgan fingerprint density at radius 1 is 1.05 bits per heavy atom. The lowest BCUT2D eigenvalue weighted by atomic mass is 9.95. The summed E-state index contributed by atoms with van der Waals surface area (Å²) in [4.78, 5) is 18.0. The van der Waals surface area contributed by atoms with Crippen molar-refractivity contribution >= 4 is 16.7 Å². The zero-order valence-electron chi connectivity index (χ0n) is 22.0. The van der Waals surface area contributed by atoms with Crippen LogP contribution in [0.2, 0.25) is 0 Å². The third-order valence-corrected chi connectivity index (χ3v) is 8.69. The van der Waals surface area contributed by atoms with E-state index in [4.69, 9.17) is 9.47 Å². The summed E-state index contributed by atoms with van der Waals surface area (Å²) in [5.41, 5.74) is -0.362. The molecule has 4 atom stereocenters. The van der Waals surface area contributed by atoms with Crippen LogP contribution in [0.5, 0.6) is 17.5 Å². The van der Waals surface area contributed by atoms with Crippen molar-refractivity contribution in [2.75, 3.05) is 37.7 Å². The Morgan fingerprint density at radius 3 is 2.70 bits per heavy atom. The number of rotatable bonds is 7. The number of fused-ring (bicyclic) bond motifs is 4. The number of phenols is 1. The Labute approximate surface area is 229 Å². The summed E-state index contributed by atoms with van der Waals surface area (Å²) in [5, 5.41) is 14.0. The van der Waals surface area contributed by atoms with Gasteiger partial charge in [-0.25, -0.2) is 13.2 Å². The zero-order valence-corrected chi connectivity index (χ0v) is 22.0. The van der Waals surface area contributed by atoms with Gasteiger partial charge in [0.05, 0.1) is 10.9 Å². The molecule has 9 nitrogen and oxygen atoms in total. The second-order valence-corrected chi connectivity index (χ2v) is 11.4. The van der Waals surface area contributed by atoms with E-state index >= 15 is 0 Å². The van der Waals surface area contributed by atoms with Crippen molar-refractivity contribution in [3.05, 3.63) is 41.7 Å². The second-order valence-electron chi connectivity index (χ2n) is 11.4. The molecule has 4 aliphatic rings. The van der Waals surface area contributed by atoms with Crippen LogP contribution in [0.25, 0.3) is 10.8 Å². The Hall–Kier alpha value is -3.38. The van der Waals surface area contributed by atoms with E-state index in [-0.39, 0.29) is 47.5 Å². The van der Waals surface area contributed by atoms with Crippen molar-refractivity contribution in [3.8, 4) is 17.5 Å². The van der Waals surface area contributed by atoms with Crippen LogP contribution in [0.15, 0.2) is 24.3 Å². The van der Waals surface area contributed by atoms with Crippen LogP contribution in [0.3, 0.4) is 0 Å². The molecule has 4 fully saturated rings. The van der Waals surface area contributed by atoms with Gasteiger partial charge in [0.25, 0.3) is 0 Å². The predicted molar refractivity (Wildman–Crippen MR) is 140 cm³/mol. The fourth-order valence-electron chi connectivity index (χ4n) is 6.86. The summed E-state index contributed by atoms with van der Waals surface area (Å²) >= 11 is 0. The molecule has 0 spiro atoms. The van der Waals surface area contributed by atoms with Crippen molar-refractivity contribution in [3.63, 3.8) is 0 Å². The van der Waals surface area contributed by atoms with Gasteiger partial charge in [-0.1, -0.05) is 6.07 Å². The minimum atomic E-state index is -1.06. The van der Waals surface area contributed by atoms with Crippen LogP contribution in [0, 0.1) is 11.6 Å². The maximum absolute atomic E-state index is 14.7. The first-order chi connectivity index (χ1) is 19.3. The number of piperazine rings is 1. The number of aromatic nitrogens is 3. The van der Waals surface area contributed by atoms with E-state index in [0.717, 1.165) is 51.4 Å². The molecule has 2 N–H and O–H groups in total. The molecular formula is C28H31F3N6O3. The van der Waals surface area contributed by atoms with Crippen LogP contribution in [-0.2, 0) is 6.61 Å². The molecule has 4 aliphatic heterocycles. The number of nitrogens with zero attached hydrogens (tertiary/aromatic N) is 5. The van der Waals surface area contributed by atoms with E-state index in [2.05, 4.69) is 30.1 Å². The molecule has 212 valence electrons. The van der Waals surface area contributed by atoms with Gasteiger partial charge in [0, 0.05) is 44.2 Å². The zero-order chi connectivity index (χ0) is 27.4. The molecule has 0 aliphatic carbocycles. The first kappa shape index (κ1) is 25.6. The quantitative estimate of drug-likeness (QED) is 0.454. The number of aromatic hydroxyl groups is 1. The van der Waals surface area contributed by atoms with E-state index in [1.165, 1.54) is 18.2 Å². The van der Waals surface area contributed by atoms with Gasteiger partial charge >= 0.3 is 6.01 Å². The highest BCUT2D eigenvalue weighted by Gasteiger charge is 2.49. The van der Waals surface area contributed by atoms with Crippen molar-refractivity contribution in [2.45, 2.75) is 62.5 Å². The first-order valence-corrected chi connectivity index (χ1v) is 13.9. The fourth-order valence-corrected chi connectivity index (χ4v) is 6.86. The summed E-state index contributed by atoms with van der Waals surface area (Å²) in [5.74, 6) is -1.56. The predicted octanol–water partition coefficient (Wildman–Crippen LogP) is 3.48. The first-order valence-electron chi connectivity index (χ1n) is 13.9. The maximum atomic E-state index is 14.7. The summed E-state index contributed by atoms with van der Waals surface area (Å²) in [6.07, 6.45) is 3.57. The molecule has 1 aromatic heterocycles. The standard InChI is InChI=1S/C28H31F3N6O3/c29-17-10-28(6-1-7-37(28)11-17)15-40-27-34-23(33-26(35-27)36-12-18-3-4-19(13-36)32-18)14-39-22-9-20(38)8-16-2-5-21(30)25(31)24(16)22/h2,5,8-9,17-19,32,38H,1,3-4,6-7,10-15H2/t17-,18-,19+,28+/m1/s1. The Bertz CT molecular complexity index is 1430. The van der Waals surface area contributed by atoms with Gasteiger partial charge in [-0.15, -0.1) is 0 Å². The third kappa shape index (κ3) is 4.66. The molecule has 2 bridgehead atoms. The van der Waals surface area contributed by atoms with E-state index in [1.54, 1.807) is 0 Å². The highest BCUT2D eigenvalue weighted by molar-refractivity contribution is 5.90. The van der Waals surface area contributed by atoms with Gasteiger partial charge in [-0.05, 0) is 49.7 Å². The average molecular weight is 557 g/mol.